The molecule has 0 radical (unpaired) electrons. The van der Waals surface area contributed by atoms with E-state index in [1.54, 1.807) is 55.0 Å². The summed E-state index contributed by atoms with van der Waals surface area (Å²) in [7, 11) is 3.14. The second-order valence-electron chi connectivity index (χ2n) is 17.3. The van der Waals surface area contributed by atoms with Crippen LogP contribution in [-0.4, -0.2) is 140 Å². The van der Waals surface area contributed by atoms with Crippen LogP contribution in [0.25, 0.3) is 0 Å². The van der Waals surface area contributed by atoms with Gasteiger partial charge < -0.3 is 57.5 Å². The molecule has 0 saturated carbocycles. The Morgan fingerprint density at radius 2 is 1.55 bits per heavy atom. The Morgan fingerprint density at radius 1 is 0.864 bits per heavy atom. The van der Waals surface area contributed by atoms with Crippen molar-refractivity contribution in [1.29, 1.82) is 0 Å². The first-order chi connectivity index (χ1) is 31.4. The number of ether oxygens (including phenoxy) is 1. The second kappa shape index (κ2) is 25.2. The van der Waals surface area contributed by atoms with E-state index in [0.29, 0.717) is 44.6 Å². The number of nitrogens with zero attached hydrogens (tertiary/aromatic N) is 3. The molecule has 0 aliphatic carbocycles. The molecular formula is C46H66N10O10. The Hall–Kier alpha value is -6.57. The summed E-state index contributed by atoms with van der Waals surface area (Å²) in [5.74, 6) is -3.79. The SMILES string of the molecule is COC(C(C)C(=O)NC(Cc1ccccc1)C(=O)N(C)Cc1ccc(NC(=O)C(CCCNC(N)=O)NC(=O)CNC(=O)CCC(=O)N2CCC(C)(C(N)=O)CC2)cc1)C1CCCN1C=O. The van der Waals surface area contributed by atoms with Gasteiger partial charge in [0.2, 0.25) is 47.8 Å². The molecule has 2 fully saturated rings. The van der Waals surface area contributed by atoms with Gasteiger partial charge in [-0.05, 0) is 61.8 Å². The standard InChI is InChI=1S/C46H66N10O10/c1-30(40(66-4)36-13-9-23-56(36)29-57)41(61)53-35(26-31-10-6-5-7-11-31)43(63)54(3)28-32-14-16-33(17-15-32)51-42(62)34(12-8-22-49-45(48)65)52-38(59)27-50-37(58)18-19-39(60)55-24-20-46(2,21-25-55)44(47)64/h5-7,10-11,14-17,29-30,34-36,40H,8-9,12-13,18-28H2,1-4H3,(H2,47,64)(H,50,58)(H,51,62)(H,52,59)(H,53,61)(H3,48,49,65). The lowest BCUT2D eigenvalue weighted by atomic mass is 9.79. The van der Waals surface area contributed by atoms with Crippen molar-refractivity contribution in [3.63, 3.8) is 0 Å². The fraction of sp³-hybridized carbons (Fsp3) is 0.543. The fourth-order valence-corrected chi connectivity index (χ4v) is 8.21. The molecule has 20 heteroatoms. The summed E-state index contributed by atoms with van der Waals surface area (Å²) in [6, 6.07) is 13.1. The normalized spacial score (nSPS) is 17.2. The van der Waals surface area contributed by atoms with Gasteiger partial charge in [0.05, 0.1) is 24.6 Å². The fourth-order valence-electron chi connectivity index (χ4n) is 8.21. The van der Waals surface area contributed by atoms with Crippen LogP contribution < -0.4 is 38.1 Å². The predicted molar refractivity (Wildman–Crippen MR) is 243 cm³/mol. The van der Waals surface area contributed by atoms with Gasteiger partial charge in [0.25, 0.3) is 0 Å². The zero-order chi connectivity index (χ0) is 48.4. The van der Waals surface area contributed by atoms with Gasteiger partial charge >= 0.3 is 6.03 Å². The molecule has 0 bridgehead atoms. The van der Waals surface area contributed by atoms with Gasteiger partial charge in [-0.15, -0.1) is 0 Å². The summed E-state index contributed by atoms with van der Waals surface area (Å²) >= 11 is 0. The van der Waals surface area contributed by atoms with E-state index in [4.69, 9.17) is 16.2 Å². The zero-order valence-corrected chi connectivity index (χ0v) is 38.3. The Kier molecular flexibility index (Phi) is 19.9. The Balaban J connectivity index is 1.32. The van der Waals surface area contributed by atoms with Crippen LogP contribution in [0.5, 0.6) is 0 Å². The van der Waals surface area contributed by atoms with E-state index in [1.807, 2.05) is 30.3 Å². The molecule has 20 nitrogen and oxygen atoms in total. The van der Waals surface area contributed by atoms with Crippen molar-refractivity contribution in [2.24, 2.45) is 22.8 Å². The first-order valence-corrected chi connectivity index (χ1v) is 22.3. The highest BCUT2D eigenvalue weighted by Gasteiger charge is 2.39. The summed E-state index contributed by atoms with van der Waals surface area (Å²) in [6.45, 7) is 4.64. The van der Waals surface area contributed by atoms with Crippen molar-refractivity contribution in [3.05, 3.63) is 65.7 Å². The van der Waals surface area contributed by atoms with Crippen LogP contribution in [-0.2, 0) is 56.1 Å². The molecule has 0 spiro atoms. The number of carbonyl (C=O) groups is 9. The number of benzene rings is 2. The molecule has 2 saturated heterocycles. The third-order valence-electron chi connectivity index (χ3n) is 12.4. The second-order valence-corrected chi connectivity index (χ2v) is 17.3. The molecule has 360 valence electrons. The van der Waals surface area contributed by atoms with E-state index in [9.17, 15) is 43.2 Å². The molecule has 5 atom stereocenters. The number of carbonyl (C=O) groups excluding carboxylic acids is 9. The minimum atomic E-state index is -1.07. The van der Waals surface area contributed by atoms with Crippen LogP contribution in [0.1, 0.15) is 76.3 Å². The van der Waals surface area contributed by atoms with E-state index < -0.39 is 65.7 Å². The van der Waals surface area contributed by atoms with Gasteiger partial charge in [-0.3, -0.25) is 38.4 Å². The van der Waals surface area contributed by atoms with Gasteiger partial charge in [0.1, 0.15) is 12.1 Å². The van der Waals surface area contributed by atoms with Crippen molar-refractivity contribution in [2.45, 2.75) is 102 Å². The number of urea groups is 1. The van der Waals surface area contributed by atoms with E-state index >= 15 is 0 Å². The van der Waals surface area contributed by atoms with Crippen LogP contribution in [0.15, 0.2) is 54.6 Å². The van der Waals surface area contributed by atoms with Gasteiger partial charge in [0.15, 0.2) is 0 Å². The van der Waals surface area contributed by atoms with Gasteiger partial charge in [0, 0.05) is 77.2 Å². The average Bonchev–Trinajstić information content (AvgIpc) is 3.77. The molecule has 10 amide bonds. The molecule has 5 unspecified atom stereocenters. The third kappa shape index (κ3) is 15.6. The highest BCUT2D eigenvalue weighted by molar-refractivity contribution is 5.98. The lowest BCUT2D eigenvalue weighted by Gasteiger charge is -2.37. The van der Waals surface area contributed by atoms with Crippen molar-refractivity contribution >= 4 is 59.5 Å². The topological polar surface area (TPSA) is 285 Å². The minimum Gasteiger partial charge on any atom is -0.378 e. The number of rotatable bonds is 24. The van der Waals surface area contributed by atoms with E-state index in [1.165, 1.54) is 12.0 Å². The molecule has 2 heterocycles. The van der Waals surface area contributed by atoms with Crippen LogP contribution in [0.3, 0.4) is 0 Å². The highest BCUT2D eigenvalue weighted by atomic mass is 16.5. The largest absolute Gasteiger partial charge is 0.378 e. The van der Waals surface area contributed by atoms with Crippen LogP contribution in [0.4, 0.5) is 10.5 Å². The van der Waals surface area contributed by atoms with Crippen LogP contribution in [0, 0.1) is 11.3 Å². The van der Waals surface area contributed by atoms with Gasteiger partial charge in [-0.1, -0.05) is 56.3 Å². The van der Waals surface area contributed by atoms with Crippen LogP contribution >= 0.6 is 0 Å². The summed E-state index contributed by atoms with van der Waals surface area (Å²) in [4.78, 5) is 119. The lowest BCUT2D eigenvalue weighted by molar-refractivity contribution is -0.139. The van der Waals surface area contributed by atoms with E-state index in [0.717, 1.165) is 24.0 Å². The van der Waals surface area contributed by atoms with Gasteiger partial charge in [-0.2, -0.15) is 0 Å². The Morgan fingerprint density at radius 3 is 2.17 bits per heavy atom. The number of anilines is 1. The van der Waals surface area contributed by atoms with Crippen LogP contribution in [0.2, 0.25) is 0 Å². The Labute approximate surface area is 385 Å². The first kappa shape index (κ1) is 52.1. The number of methoxy groups -OCH3 is 1. The number of nitrogens with one attached hydrogen (secondary N) is 5. The quantitative estimate of drug-likeness (QED) is 0.0567. The number of piperidine rings is 1. The molecular weight excluding hydrogens is 853 g/mol. The van der Waals surface area contributed by atoms with E-state index in [2.05, 4.69) is 26.6 Å². The maximum atomic E-state index is 14.0. The molecule has 66 heavy (non-hydrogen) atoms. The number of primary amides is 2. The summed E-state index contributed by atoms with van der Waals surface area (Å²) in [5.41, 5.74) is 12.0. The molecule has 2 aliphatic heterocycles. The van der Waals surface area contributed by atoms with Crippen molar-refractivity contribution in [1.82, 2.24) is 36.0 Å². The van der Waals surface area contributed by atoms with Crippen molar-refractivity contribution in [3.8, 4) is 0 Å². The maximum Gasteiger partial charge on any atom is 0.312 e. The van der Waals surface area contributed by atoms with Gasteiger partial charge in [-0.25, -0.2) is 4.79 Å². The Bertz CT molecular complexity index is 2010. The maximum absolute atomic E-state index is 14.0. The smallest absolute Gasteiger partial charge is 0.312 e. The van der Waals surface area contributed by atoms with Crippen molar-refractivity contribution in [2.75, 3.05) is 52.2 Å². The first-order valence-electron chi connectivity index (χ1n) is 22.3. The van der Waals surface area contributed by atoms with Crippen molar-refractivity contribution < 1.29 is 47.9 Å². The zero-order valence-electron chi connectivity index (χ0n) is 38.3. The number of hydrogen-bond acceptors (Lipinski definition) is 10. The molecule has 2 aromatic carbocycles. The number of likely N-dealkylation sites (N-methyl/N-ethyl adjacent to an activating group) is 1. The molecule has 2 aromatic rings. The summed E-state index contributed by atoms with van der Waals surface area (Å²) < 4.78 is 5.73. The highest BCUT2D eigenvalue weighted by Crippen LogP contribution is 2.31. The molecule has 0 aromatic heterocycles. The number of likely N-dealkylation sites (tertiary alicyclic amines) is 2. The molecule has 2 aliphatic rings. The summed E-state index contributed by atoms with van der Waals surface area (Å²) in [6.07, 6.45) is 2.96. The average molecular weight is 919 g/mol. The molecule has 4 rings (SSSR count). The third-order valence-corrected chi connectivity index (χ3v) is 12.4. The minimum absolute atomic E-state index is 0.0869. The number of amides is 10. The number of hydrogen-bond donors (Lipinski definition) is 7. The predicted octanol–water partition coefficient (Wildman–Crippen LogP) is 0.527. The summed E-state index contributed by atoms with van der Waals surface area (Å²) in [5, 5.41) is 13.3. The molecule has 9 N–H and O–H groups in total. The number of nitrogens with two attached hydrogens (primary N) is 2. The van der Waals surface area contributed by atoms with E-state index in [-0.39, 0.29) is 69.0 Å². The monoisotopic (exact) mass is 918 g/mol. The lowest BCUT2D eigenvalue weighted by Crippen LogP contribution is -2.53.